The first kappa shape index (κ1) is 18.9. The minimum absolute atomic E-state index is 0.0525. The van der Waals surface area contributed by atoms with Crippen LogP contribution in [0.2, 0.25) is 0 Å². The molecule has 1 atom stereocenters. The number of aliphatic hydroxyl groups is 1. The van der Waals surface area contributed by atoms with Crippen molar-refractivity contribution < 1.29 is 14.6 Å². The highest BCUT2D eigenvalue weighted by Crippen LogP contribution is 2.13. The van der Waals surface area contributed by atoms with E-state index in [1.54, 1.807) is 7.11 Å². The maximum atomic E-state index is 11.0. The van der Waals surface area contributed by atoms with E-state index < -0.39 is 6.10 Å². The summed E-state index contributed by atoms with van der Waals surface area (Å²) >= 11 is 0. The zero-order valence-electron chi connectivity index (χ0n) is 14.6. The normalized spacial score (nSPS) is 17.6. The monoisotopic (exact) mass is 335 g/mol. The number of rotatable bonds is 8. The maximum absolute atomic E-state index is 11.0. The quantitative estimate of drug-likeness (QED) is 0.666. The number of likely N-dealkylation sites (tertiary alicyclic amines) is 1. The average molecular weight is 335 g/mol. The van der Waals surface area contributed by atoms with Gasteiger partial charge in [0.1, 0.15) is 0 Å². The first-order chi connectivity index (χ1) is 11.6. The standard InChI is InChI=1S/C18H29N3O3/c1-14(22)20-17-5-3-15(4-6-17)11-19-16-7-9-21(10-8-16)12-18(23)13-24-2/h3-6,16,18-19,23H,7-13H2,1-2H3,(H,20,22)/t18-/m1/s1. The number of ether oxygens (including phenoxy) is 1. The number of benzene rings is 1. The van der Waals surface area contributed by atoms with E-state index in [1.165, 1.54) is 12.5 Å². The molecule has 1 saturated heterocycles. The number of nitrogens with one attached hydrogen (secondary N) is 2. The van der Waals surface area contributed by atoms with Crippen LogP contribution in [0.15, 0.2) is 24.3 Å². The van der Waals surface area contributed by atoms with Crippen LogP contribution in [0.3, 0.4) is 0 Å². The topological polar surface area (TPSA) is 73.8 Å². The molecule has 1 aliphatic rings. The van der Waals surface area contributed by atoms with Gasteiger partial charge in [0, 0.05) is 38.9 Å². The van der Waals surface area contributed by atoms with Crippen molar-refractivity contribution in [1.29, 1.82) is 0 Å². The molecule has 6 nitrogen and oxygen atoms in total. The highest BCUT2D eigenvalue weighted by atomic mass is 16.5. The van der Waals surface area contributed by atoms with Gasteiger partial charge in [-0.1, -0.05) is 12.1 Å². The van der Waals surface area contributed by atoms with Crippen molar-refractivity contribution in [2.45, 2.75) is 38.5 Å². The van der Waals surface area contributed by atoms with Gasteiger partial charge >= 0.3 is 0 Å². The zero-order chi connectivity index (χ0) is 17.4. The summed E-state index contributed by atoms with van der Waals surface area (Å²) in [5, 5.41) is 16.2. The number of β-amino-alcohol motifs (C(OH)–C–C–N with tert-alkyl or cyclic N) is 1. The number of methoxy groups -OCH3 is 1. The molecular weight excluding hydrogens is 306 g/mol. The number of piperidine rings is 1. The summed E-state index contributed by atoms with van der Waals surface area (Å²) in [6.07, 6.45) is 1.77. The molecule has 0 aliphatic carbocycles. The summed E-state index contributed by atoms with van der Waals surface area (Å²) < 4.78 is 4.97. The van der Waals surface area contributed by atoms with Crippen molar-refractivity contribution in [3.63, 3.8) is 0 Å². The van der Waals surface area contributed by atoms with E-state index in [9.17, 15) is 9.90 Å². The number of amides is 1. The van der Waals surface area contributed by atoms with Gasteiger partial charge in [0.25, 0.3) is 0 Å². The summed E-state index contributed by atoms with van der Waals surface area (Å²) in [5.41, 5.74) is 2.04. The van der Waals surface area contributed by atoms with Gasteiger partial charge in [-0.15, -0.1) is 0 Å². The first-order valence-electron chi connectivity index (χ1n) is 8.56. The van der Waals surface area contributed by atoms with Crippen molar-refractivity contribution in [1.82, 2.24) is 10.2 Å². The largest absolute Gasteiger partial charge is 0.389 e. The number of nitrogens with zero attached hydrogens (tertiary/aromatic N) is 1. The third kappa shape index (κ3) is 6.57. The molecule has 1 fully saturated rings. The fourth-order valence-electron chi connectivity index (χ4n) is 3.03. The lowest BCUT2D eigenvalue weighted by molar-refractivity contribution is -0.114. The Labute approximate surface area is 144 Å². The summed E-state index contributed by atoms with van der Waals surface area (Å²) in [6.45, 7) is 5.42. The van der Waals surface area contributed by atoms with E-state index in [2.05, 4.69) is 15.5 Å². The lowest BCUT2D eigenvalue weighted by Crippen LogP contribution is -2.45. The molecule has 24 heavy (non-hydrogen) atoms. The minimum Gasteiger partial charge on any atom is -0.389 e. The molecule has 0 saturated carbocycles. The predicted octanol–water partition coefficient (Wildman–Crippen LogP) is 1.21. The van der Waals surface area contributed by atoms with Crippen LogP contribution in [0.5, 0.6) is 0 Å². The molecule has 0 unspecified atom stereocenters. The second-order valence-corrected chi connectivity index (χ2v) is 6.44. The second kappa shape index (κ2) is 9.74. The molecule has 1 heterocycles. The Morgan fingerprint density at radius 1 is 1.33 bits per heavy atom. The molecule has 1 amide bonds. The highest BCUT2D eigenvalue weighted by molar-refractivity contribution is 5.88. The molecule has 1 aromatic rings. The Morgan fingerprint density at radius 3 is 2.58 bits per heavy atom. The number of hydrogen-bond acceptors (Lipinski definition) is 5. The summed E-state index contributed by atoms with van der Waals surface area (Å²) in [6, 6.07) is 8.44. The molecule has 0 radical (unpaired) electrons. The summed E-state index contributed by atoms with van der Waals surface area (Å²) in [5.74, 6) is -0.0525. The molecule has 3 N–H and O–H groups in total. The van der Waals surface area contributed by atoms with Crippen LogP contribution in [0.4, 0.5) is 5.69 Å². The Bertz CT molecular complexity index is 499. The SMILES string of the molecule is COC[C@H](O)CN1CCC(NCc2ccc(NC(C)=O)cc2)CC1. The van der Waals surface area contributed by atoms with E-state index in [-0.39, 0.29) is 5.91 Å². The number of aliphatic hydroxyl groups excluding tert-OH is 1. The van der Waals surface area contributed by atoms with E-state index in [0.717, 1.165) is 38.2 Å². The summed E-state index contributed by atoms with van der Waals surface area (Å²) in [4.78, 5) is 13.3. The third-order valence-electron chi connectivity index (χ3n) is 4.28. The van der Waals surface area contributed by atoms with E-state index >= 15 is 0 Å². The highest BCUT2D eigenvalue weighted by Gasteiger charge is 2.20. The molecule has 0 spiro atoms. The van der Waals surface area contributed by atoms with Gasteiger partial charge in [0.05, 0.1) is 12.7 Å². The van der Waals surface area contributed by atoms with Gasteiger partial charge < -0.3 is 25.4 Å². The molecular formula is C18H29N3O3. The number of carbonyl (C=O) groups is 1. The van der Waals surface area contributed by atoms with Crippen LogP contribution in [0.25, 0.3) is 0 Å². The predicted molar refractivity (Wildman–Crippen MR) is 94.9 cm³/mol. The molecule has 1 aliphatic heterocycles. The van der Waals surface area contributed by atoms with Crippen LogP contribution in [-0.4, -0.2) is 61.4 Å². The number of carbonyl (C=O) groups excluding carboxylic acids is 1. The van der Waals surface area contributed by atoms with Gasteiger partial charge in [-0.05, 0) is 43.6 Å². The summed E-state index contributed by atoms with van der Waals surface area (Å²) in [7, 11) is 1.61. The van der Waals surface area contributed by atoms with Crippen molar-refractivity contribution in [3.8, 4) is 0 Å². The molecule has 134 valence electrons. The molecule has 6 heteroatoms. The van der Waals surface area contributed by atoms with Gasteiger partial charge in [0.2, 0.25) is 5.91 Å². The van der Waals surface area contributed by atoms with Crippen LogP contribution < -0.4 is 10.6 Å². The molecule has 0 aromatic heterocycles. The molecule has 2 rings (SSSR count). The van der Waals surface area contributed by atoms with Gasteiger partial charge in [0.15, 0.2) is 0 Å². The van der Waals surface area contributed by atoms with Gasteiger partial charge in [-0.25, -0.2) is 0 Å². The van der Waals surface area contributed by atoms with E-state index in [1.807, 2.05) is 24.3 Å². The van der Waals surface area contributed by atoms with Crippen molar-refractivity contribution in [3.05, 3.63) is 29.8 Å². The van der Waals surface area contributed by atoms with Crippen LogP contribution >= 0.6 is 0 Å². The Hall–Kier alpha value is -1.47. The van der Waals surface area contributed by atoms with Crippen molar-refractivity contribution in [2.75, 3.05) is 38.7 Å². The molecule has 1 aromatic carbocycles. The van der Waals surface area contributed by atoms with Crippen LogP contribution in [-0.2, 0) is 16.1 Å². The number of hydrogen-bond donors (Lipinski definition) is 3. The van der Waals surface area contributed by atoms with Crippen LogP contribution in [0.1, 0.15) is 25.3 Å². The maximum Gasteiger partial charge on any atom is 0.221 e. The van der Waals surface area contributed by atoms with Gasteiger partial charge in [-0.3, -0.25) is 4.79 Å². The van der Waals surface area contributed by atoms with E-state index in [4.69, 9.17) is 4.74 Å². The second-order valence-electron chi connectivity index (χ2n) is 6.44. The zero-order valence-corrected chi connectivity index (χ0v) is 14.6. The Balaban J connectivity index is 1.68. The number of anilines is 1. The lowest BCUT2D eigenvalue weighted by atomic mass is 10.0. The van der Waals surface area contributed by atoms with Gasteiger partial charge in [-0.2, -0.15) is 0 Å². The average Bonchev–Trinajstić information content (AvgIpc) is 2.55. The molecule has 0 bridgehead atoms. The minimum atomic E-state index is -0.401. The lowest BCUT2D eigenvalue weighted by Gasteiger charge is -2.33. The Morgan fingerprint density at radius 2 is 2.00 bits per heavy atom. The van der Waals surface area contributed by atoms with Crippen molar-refractivity contribution >= 4 is 11.6 Å². The fraction of sp³-hybridized carbons (Fsp3) is 0.611. The van der Waals surface area contributed by atoms with Crippen LogP contribution in [0, 0.1) is 0 Å². The van der Waals surface area contributed by atoms with Crippen molar-refractivity contribution in [2.24, 2.45) is 0 Å². The first-order valence-corrected chi connectivity index (χ1v) is 8.56. The fourth-order valence-corrected chi connectivity index (χ4v) is 3.03. The third-order valence-corrected chi connectivity index (χ3v) is 4.28. The smallest absolute Gasteiger partial charge is 0.221 e. The Kier molecular flexibility index (Phi) is 7.65. The van der Waals surface area contributed by atoms with E-state index in [0.29, 0.717) is 19.2 Å².